The Hall–Kier alpha value is -2.34. The molecule has 0 aliphatic carbocycles. The van der Waals surface area contributed by atoms with Gasteiger partial charge in [0.2, 0.25) is 0 Å². The van der Waals surface area contributed by atoms with Crippen LogP contribution < -0.4 is 5.32 Å². The molecule has 0 saturated heterocycles. The Kier molecular flexibility index (Phi) is 4.59. The molecule has 1 aromatic carbocycles. The molecule has 2 rings (SSSR count). The predicted molar refractivity (Wildman–Crippen MR) is 78.2 cm³/mol. The molecule has 0 aliphatic heterocycles. The number of nitrogens with zero attached hydrogens (tertiary/aromatic N) is 1. The van der Waals surface area contributed by atoms with E-state index in [0.717, 1.165) is 0 Å². The smallest absolute Gasteiger partial charge is 0.305 e. The number of carboxylic acid groups (broad SMARTS) is 1. The Morgan fingerprint density at radius 1 is 1.43 bits per heavy atom. The molecule has 1 amide bonds. The van der Waals surface area contributed by atoms with Crippen molar-refractivity contribution in [1.82, 2.24) is 15.5 Å². The van der Waals surface area contributed by atoms with Crippen LogP contribution in [0.25, 0.3) is 11.3 Å². The number of carboxylic acids is 1. The van der Waals surface area contributed by atoms with Crippen LogP contribution in [0.15, 0.2) is 30.3 Å². The van der Waals surface area contributed by atoms with E-state index in [9.17, 15) is 9.59 Å². The molecular formula is C14H14ClN3O3. The zero-order valence-corrected chi connectivity index (χ0v) is 12.0. The number of carbonyl (C=O) groups excluding carboxylic acids is 1. The Balaban J connectivity index is 2.11. The van der Waals surface area contributed by atoms with Crippen molar-refractivity contribution in [3.63, 3.8) is 0 Å². The van der Waals surface area contributed by atoms with Crippen molar-refractivity contribution in [3.05, 3.63) is 41.0 Å². The molecule has 1 unspecified atom stereocenters. The van der Waals surface area contributed by atoms with E-state index < -0.39 is 17.9 Å². The monoisotopic (exact) mass is 307 g/mol. The van der Waals surface area contributed by atoms with Gasteiger partial charge in [0.25, 0.3) is 5.91 Å². The molecule has 0 spiro atoms. The van der Waals surface area contributed by atoms with Crippen LogP contribution in [0, 0.1) is 0 Å². The van der Waals surface area contributed by atoms with Gasteiger partial charge in [-0.25, -0.2) is 0 Å². The van der Waals surface area contributed by atoms with Crippen molar-refractivity contribution >= 4 is 23.5 Å². The summed E-state index contributed by atoms with van der Waals surface area (Å²) < 4.78 is 0. The Morgan fingerprint density at radius 3 is 2.81 bits per heavy atom. The summed E-state index contributed by atoms with van der Waals surface area (Å²) in [6.07, 6.45) is -0.142. The lowest BCUT2D eigenvalue weighted by molar-refractivity contribution is -0.137. The van der Waals surface area contributed by atoms with Gasteiger partial charge in [-0.05, 0) is 19.1 Å². The van der Waals surface area contributed by atoms with Crippen molar-refractivity contribution in [2.24, 2.45) is 0 Å². The van der Waals surface area contributed by atoms with Crippen molar-refractivity contribution in [2.75, 3.05) is 0 Å². The third-order valence-corrected chi connectivity index (χ3v) is 3.16. The molecule has 1 heterocycles. The average Bonchev–Trinajstić information content (AvgIpc) is 2.87. The lowest BCUT2D eigenvalue weighted by atomic mass is 10.1. The second kappa shape index (κ2) is 6.41. The van der Waals surface area contributed by atoms with Crippen LogP contribution in [0.5, 0.6) is 0 Å². The van der Waals surface area contributed by atoms with E-state index in [1.54, 1.807) is 31.2 Å². The van der Waals surface area contributed by atoms with Crippen LogP contribution in [-0.2, 0) is 4.79 Å². The molecule has 2 aromatic rings. The zero-order chi connectivity index (χ0) is 15.4. The lowest BCUT2D eigenvalue weighted by Crippen LogP contribution is -2.34. The van der Waals surface area contributed by atoms with E-state index in [-0.39, 0.29) is 12.1 Å². The van der Waals surface area contributed by atoms with Crippen LogP contribution in [0.1, 0.15) is 23.8 Å². The van der Waals surface area contributed by atoms with Gasteiger partial charge in [0, 0.05) is 11.6 Å². The number of hydrogen-bond acceptors (Lipinski definition) is 3. The molecule has 0 aliphatic rings. The maximum absolute atomic E-state index is 12.0. The highest BCUT2D eigenvalue weighted by Crippen LogP contribution is 2.26. The highest BCUT2D eigenvalue weighted by Gasteiger charge is 2.16. The molecule has 0 fully saturated rings. The van der Waals surface area contributed by atoms with Crippen molar-refractivity contribution in [1.29, 1.82) is 0 Å². The number of amides is 1. The summed E-state index contributed by atoms with van der Waals surface area (Å²) in [4.78, 5) is 22.5. The summed E-state index contributed by atoms with van der Waals surface area (Å²) in [5, 5.41) is 18.5. The van der Waals surface area contributed by atoms with Crippen LogP contribution in [0.2, 0.25) is 5.02 Å². The van der Waals surface area contributed by atoms with Crippen LogP contribution in [0.4, 0.5) is 0 Å². The molecule has 3 N–H and O–H groups in total. The Morgan fingerprint density at radius 2 is 2.14 bits per heavy atom. The number of benzene rings is 1. The number of halogens is 1. The van der Waals surface area contributed by atoms with Gasteiger partial charge in [0.05, 0.1) is 17.1 Å². The van der Waals surface area contributed by atoms with Gasteiger partial charge in [0.1, 0.15) is 5.69 Å². The van der Waals surface area contributed by atoms with Crippen molar-refractivity contribution < 1.29 is 14.7 Å². The quantitative estimate of drug-likeness (QED) is 0.790. The minimum atomic E-state index is -0.968. The number of hydrogen-bond donors (Lipinski definition) is 3. The van der Waals surface area contributed by atoms with Gasteiger partial charge in [-0.1, -0.05) is 29.8 Å². The summed E-state index contributed by atoms with van der Waals surface area (Å²) in [5.74, 6) is -1.38. The number of aliphatic carboxylic acids is 1. The minimum absolute atomic E-state index is 0.142. The van der Waals surface area contributed by atoms with Crippen molar-refractivity contribution in [2.45, 2.75) is 19.4 Å². The number of aromatic nitrogens is 2. The first kappa shape index (κ1) is 15.1. The standard InChI is InChI=1S/C14H14ClN3O3/c1-8(6-13(19)20)16-14(21)12-7-11(17-18-12)9-4-2-3-5-10(9)15/h2-5,7-8H,6H2,1H3,(H,16,21)(H,17,18)(H,19,20). The molecule has 1 atom stereocenters. The topological polar surface area (TPSA) is 95.1 Å². The van der Waals surface area contributed by atoms with Gasteiger partial charge in [-0.15, -0.1) is 0 Å². The molecule has 0 saturated carbocycles. The van der Waals surface area contributed by atoms with E-state index >= 15 is 0 Å². The number of aromatic amines is 1. The third-order valence-electron chi connectivity index (χ3n) is 2.83. The van der Waals surface area contributed by atoms with E-state index in [0.29, 0.717) is 16.3 Å². The highest BCUT2D eigenvalue weighted by atomic mass is 35.5. The second-order valence-corrected chi connectivity index (χ2v) is 5.03. The number of rotatable bonds is 5. The molecule has 1 aromatic heterocycles. The summed E-state index contributed by atoms with van der Waals surface area (Å²) in [5.41, 5.74) is 1.52. The van der Waals surface area contributed by atoms with Gasteiger partial charge in [-0.2, -0.15) is 5.10 Å². The summed E-state index contributed by atoms with van der Waals surface area (Å²) >= 11 is 6.07. The molecule has 6 nitrogen and oxygen atoms in total. The fourth-order valence-electron chi connectivity index (χ4n) is 1.86. The predicted octanol–water partition coefficient (Wildman–Crippen LogP) is 2.32. The summed E-state index contributed by atoms with van der Waals surface area (Å²) in [7, 11) is 0. The van der Waals surface area contributed by atoms with E-state index in [1.807, 2.05) is 6.07 Å². The van der Waals surface area contributed by atoms with E-state index in [4.69, 9.17) is 16.7 Å². The van der Waals surface area contributed by atoms with Gasteiger partial charge in [0.15, 0.2) is 0 Å². The maximum Gasteiger partial charge on any atom is 0.305 e. The first-order chi connectivity index (χ1) is 9.97. The third kappa shape index (κ3) is 3.82. The normalized spacial score (nSPS) is 11.9. The second-order valence-electron chi connectivity index (χ2n) is 4.62. The van der Waals surface area contributed by atoms with Gasteiger partial charge < -0.3 is 10.4 Å². The Bertz CT molecular complexity index is 669. The molecule has 110 valence electrons. The molecule has 21 heavy (non-hydrogen) atoms. The molecule has 0 bridgehead atoms. The van der Waals surface area contributed by atoms with Gasteiger partial charge in [-0.3, -0.25) is 14.7 Å². The molecular weight excluding hydrogens is 294 g/mol. The Labute approximate surface area is 126 Å². The number of carbonyl (C=O) groups is 2. The fraction of sp³-hybridized carbons (Fsp3) is 0.214. The summed E-state index contributed by atoms with van der Waals surface area (Å²) in [6.45, 7) is 1.62. The van der Waals surface area contributed by atoms with Crippen molar-refractivity contribution in [3.8, 4) is 11.3 Å². The molecule has 7 heteroatoms. The molecule has 0 radical (unpaired) electrons. The van der Waals surface area contributed by atoms with Crippen LogP contribution >= 0.6 is 11.6 Å². The number of nitrogens with one attached hydrogen (secondary N) is 2. The lowest BCUT2D eigenvalue weighted by Gasteiger charge is -2.09. The highest BCUT2D eigenvalue weighted by molar-refractivity contribution is 6.33. The average molecular weight is 308 g/mol. The van der Waals surface area contributed by atoms with E-state index in [1.165, 1.54) is 0 Å². The SMILES string of the molecule is CC(CC(=O)O)NC(=O)c1cc(-c2ccccc2Cl)n[nH]1. The number of H-pyrrole nitrogens is 1. The first-order valence-corrected chi connectivity index (χ1v) is 6.68. The van der Waals surface area contributed by atoms with Crippen LogP contribution in [-0.4, -0.2) is 33.2 Å². The minimum Gasteiger partial charge on any atom is -0.481 e. The fourth-order valence-corrected chi connectivity index (χ4v) is 2.09. The zero-order valence-electron chi connectivity index (χ0n) is 11.3. The summed E-state index contributed by atoms with van der Waals surface area (Å²) in [6, 6.07) is 8.27. The van der Waals surface area contributed by atoms with E-state index in [2.05, 4.69) is 15.5 Å². The largest absolute Gasteiger partial charge is 0.481 e. The van der Waals surface area contributed by atoms with Crippen LogP contribution in [0.3, 0.4) is 0 Å². The maximum atomic E-state index is 12.0. The first-order valence-electron chi connectivity index (χ1n) is 6.30. The van der Waals surface area contributed by atoms with Gasteiger partial charge >= 0.3 is 5.97 Å².